The van der Waals surface area contributed by atoms with Crippen LogP contribution in [0.25, 0.3) is 0 Å². The van der Waals surface area contributed by atoms with Crippen LogP contribution in [-0.4, -0.2) is 17.6 Å². The summed E-state index contributed by atoms with van der Waals surface area (Å²) in [4.78, 5) is 0. The molecule has 0 bridgehead atoms. The van der Waals surface area contributed by atoms with E-state index in [1.54, 1.807) is 21.6 Å². The van der Waals surface area contributed by atoms with Crippen LogP contribution in [0, 0.1) is 0 Å². The summed E-state index contributed by atoms with van der Waals surface area (Å²) in [6, 6.07) is 0. The molecule has 1 unspecified atom stereocenters. The molecule has 0 fully saturated rings. The molecule has 1 heterocycles. The molecule has 0 aliphatic carbocycles. The van der Waals surface area contributed by atoms with Gasteiger partial charge in [-0.3, -0.25) is 0 Å². The highest BCUT2D eigenvalue weighted by Gasteiger charge is 2.24. The highest BCUT2D eigenvalue weighted by Crippen LogP contribution is 2.42. The Kier molecular flexibility index (Phi) is 4.49. The van der Waals surface area contributed by atoms with E-state index in [-0.39, 0.29) is 17.6 Å². The maximum absolute atomic E-state index is 5.67. The van der Waals surface area contributed by atoms with E-state index in [1.165, 1.54) is 0 Å². The second-order valence-electron chi connectivity index (χ2n) is 3.40. The molecule has 0 radical (unpaired) electrons. The first-order valence-electron chi connectivity index (χ1n) is 4.44. The van der Waals surface area contributed by atoms with Crippen molar-refractivity contribution in [2.75, 3.05) is 0 Å². The average Bonchev–Trinajstić information content (AvgIpc) is 2.34. The fraction of sp³-hybridized carbons (Fsp3) is 0.778. The van der Waals surface area contributed by atoms with Crippen molar-refractivity contribution in [1.82, 2.24) is 0 Å². The van der Waals surface area contributed by atoms with Gasteiger partial charge in [-0.05, 0) is 38.5 Å². The molecule has 0 saturated heterocycles. The standard InChI is InChI=1S/C9H16O2S2/c1-6(2)10-8-5-12-13-9(8)11-7(3)4/h5-7,9H,1-4H3. The molecule has 13 heavy (non-hydrogen) atoms. The third-order valence-electron chi connectivity index (χ3n) is 1.31. The van der Waals surface area contributed by atoms with Gasteiger partial charge in [-0.2, -0.15) is 0 Å². The van der Waals surface area contributed by atoms with Gasteiger partial charge in [0.05, 0.1) is 12.2 Å². The summed E-state index contributed by atoms with van der Waals surface area (Å²) >= 11 is 0. The first-order valence-corrected chi connectivity index (χ1v) is 6.71. The van der Waals surface area contributed by atoms with Crippen LogP contribution in [-0.2, 0) is 9.47 Å². The number of rotatable bonds is 4. The predicted octanol–water partition coefficient (Wildman–Crippen LogP) is 3.40. The fourth-order valence-electron chi connectivity index (χ4n) is 0.921. The Labute approximate surface area is 87.8 Å². The van der Waals surface area contributed by atoms with Gasteiger partial charge in [0.1, 0.15) is 5.76 Å². The van der Waals surface area contributed by atoms with Crippen molar-refractivity contribution in [2.24, 2.45) is 0 Å². The van der Waals surface area contributed by atoms with Crippen LogP contribution < -0.4 is 0 Å². The molecule has 1 aliphatic rings. The highest BCUT2D eigenvalue weighted by molar-refractivity contribution is 8.78. The van der Waals surface area contributed by atoms with Crippen LogP contribution in [0.2, 0.25) is 0 Å². The number of ether oxygens (including phenoxy) is 2. The summed E-state index contributed by atoms with van der Waals surface area (Å²) in [5.74, 6) is 0.957. The van der Waals surface area contributed by atoms with Gasteiger partial charge in [0.2, 0.25) is 0 Å². The minimum atomic E-state index is 0.0763. The molecule has 0 N–H and O–H groups in total. The molecule has 0 aromatic heterocycles. The minimum Gasteiger partial charge on any atom is -0.491 e. The van der Waals surface area contributed by atoms with Crippen molar-refractivity contribution in [1.29, 1.82) is 0 Å². The zero-order valence-electron chi connectivity index (χ0n) is 8.44. The van der Waals surface area contributed by atoms with E-state index in [2.05, 4.69) is 0 Å². The molecule has 1 aliphatic heterocycles. The van der Waals surface area contributed by atoms with Crippen molar-refractivity contribution in [3.8, 4) is 0 Å². The van der Waals surface area contributed by atoms with Crippen molar-refractivity contribution in [3.05, 3.63) is 11.2 Å². The Hall–Kier alpha value is 0.200. The molecule has 0 saturated carbocycles. The molecule has 76 valence electrons. The van der Waals surface area contributed by atoms with Gasteiger partial charge in [0.25, 0.3) is 0 Å². The van der Waals surface area contributed by atoms with Crippen molar-refractivity contribution < 1.29 is 9.47 Å². The summed E-state index contributed by atoms with van der Waals surface area (Å²) in [5.41, 5.74) is 0.0763. The predicted molar refractivity (Wildman–Crippen MR) is 59.5 cm³/mol. The molecule has 2 nitrogen and oxygen atoms in total. The van der Waals surface area contributed by atoms with Gasteiger partial charge in [-0.15, -0.1) is 0 Å². The van der Waals surface area contributed by atoms with Gasteiger partial charge in [-0.1, -0.05) is 10.8 Å². The summed E-state index contributed by atoms with van der Waals surface area (Å²) < 4.78 is 11.3. The van der Waals surface area contributed by atoms with E-state index >= 15 is 0 Å². The monoisotopic (exact) mass is 220 g/mol. The lowest BCUT2D eigenvalue weighted by Crippen LogP contribution is -2.17. The second-order valence-corrected chi connectivity index (χ2v) is 5.60. The minimum absolute atomic E-state index is 0.0763. The molecule has 0 aromatic carbocycles. The molecule has 1 atom stereocenters. The van der Waals surface area contributed by atoms with E-state index in [4.69, 9.17) is 9.47 Å². The largest absolute Gasteiger partial charge is 0.491 e. The van der Waals surface area contributed by atoms with Crippen LogP contribution in [0.3, 0.4) is 0 Å². The third-order valence-corrected chi connectivity index (χ3v) is 3.41. The maximum atomic E-state index is 5.67. The second kappa shape index (κ2) is 5.17. The van der Waals surface area contributed by atoms with E-state index in [0.717, 1.165) is 5.76 Å². The summed E-state index contributed by atoms with van der Waals surface area (Å²) in [6.45, 7) is 8.13. The van der Waals surface area contributed by atoms with Gasteiger partial charge < -0.3 is 9.47 Å². The molecular formula is C9H16O2S2. The lowest BCUT2D eigenvalue weighted by Gasteiger charge is -2.19. The molecule has 0 spiro atoms. The third kappa shape index (κ3) is 3.83. The molecule has 4 heteroatoms. The van der Waals surface area contributed by atoms with E-state index in [9.17, 15) is 0 Å². The Morgan fingerprint density at radius 2 is 1.92 bits per heavy atom. The lowest BCUT2D eigenvalue weighted by atomic mass is 10.4. The molecular weight excluding hydrogens is 204 g/mol. The Bertz CT molecular complexity index is 190. The SMILES string of the molecule is CC(C)OC1=CSSC1OC(C)C. The van der Waals surface area contributed by atoms with Crippen LogP contribution in [0.4, 0.5) is 0 Å². The van der Waals surface area contributed by atoms with Crippen LogP contribution in [0.15, 0.2) is 11.2 Å². The number of hydrogen-bond acceptors (Lipinski definition) is 4. The zero-order chi connectivity index (χ0) is 9.84. The van der Waals surface area contributed by atoms with Gasteiger partial charge in [0, 0.05) is 5.41 Å². The van der Waals surface area contributed by atoms with Crippen LogP contribution in [0.1, 0.15) is 27.7 Å². The molecule has 0 aromatic rings. The summed E-state index contributed by atoms with van der Waals surface area (Å²) in [5, 5.41) is 2.03. The highest BCUT2D eigenvalue weighted by atomic mass is 33.1. The molecule has 1 rings (SSSR count). The smallest absolute Gasteiger partial charge is 0.171 e. The fourth-order valence-corrected chi connectivity index (χ4v) is 3.10. The first-order chi connectivity index (χ1) is 6.09. The topological polar surface area (TPSA) is 18.5 Å². The summed E-state index contributed by atoms with van der Waals surface area (Å²) in [6.07, 6.45) is 0.471. The van der Waals surface area contributed by atoms with Gasteiger partial charge in [-0.25, -0.2) is 0 Å². The Morgan fingerprint density at radius 1 is 1.23 bits per heavy atom. The average molecular weight is 220 g/mol. The van der Waals surface area contributed by atoms with Gasteiger partial charge >= 0.3 is 0 Å². The number of hydrogen-bond donors (Lipinski definition) is 0. The first kappa shape index (κ1) is 11.3. The lowest BCUT2D eigenvalue weighted by molar-refractivity contribution is 0.0279. The van der Waals surface area contributed by atoms with Crippen molar-refractivity contribution in [3.63, 3.8) is 0 Å². The van der Waals surface area contributed by atoms with E-state index in [1.807, 2.05) is 33.1 Å². The summed E-state index contributed by atoms with van der Waals surface area (Å²) in [7, 11) is 3.38. The molecule has 0 amide bonds. The quantitative estimate of drug-likeness (QED) is 0.676. The zero-order valence-corrected chi connectivity index (χ0v) is 10.1. The van der Waals surface area contributed by atoms with Crippen LogP contribution in [0.5, 0.6) is 0 Å². The van der Waals surface area contributed by atoms with Gasteiger partial charge in [0.15, 0.2) is 5.44 Å². The van der Waals surface area contributed by atoms with Crippen molar-refractivity contribution >= 4 is 21.6 Å². The van der Waals surface area contributed by atoms with E-state index < -0.39 is 0 Å². The van der Waals surface area contributed by atoms with Crippen LogP contribution >= 0.6 is 21.6 Å². The Balaban J connectivity index is 2.43. The maximum Gasteiger partial charge on any atom is 0.171 e. The van der Waals surface area contributed by atoms with E-state index in [0.29, 0.717) is 0 Å². The van der Waals surface area contributed by atoms with Crippen molar-refractivity contribution in [2.45, 2.75) is 45.3 Å². The normalized spacial score (nSPS) is 22.6. The Morgan fingerprint density at radius 3 is 2.46 bits per heavy atom.